The number of carbonyl (C=O) groups excluding carboxylic acids is 1. The van der Waals surface area contributed by atoms with Crippen LogP contribution >= 0.6 is 11.6 Å². The number of halogens is 1. The van der Waals surface area contributed by atoms with Crippen molar-refractivity contribution in [3.05, 3.63) is 82.0 Å². The molecule has 0 radical (unpaired) electrons. The number of hydrogen-bond donors (Lipinski definition) is 1. The fourth-order valence-corrected chi connectivity index (χ4v) is 2.93. The molecule has 1 amide bonds. The lowest BCUT2D eigenvalue weighted by atomic mass is 10.0. The van der Waals surface area contributed by atoms with E-state index in [0.29, 0.717) is 12.2 Å². The standard InChI is InChI=1S/C19H11ClN4O2/c20-16-6-17(22-9-13(16)7-21)19(25)24-14-2-1-11-8-23-18(15(11)5-14)12-3-4-26-10-12/h1-6,9-10H,8H2,(H,24,25). The van der Waals surface area contributed by atoms with E-state index in [-0.39, 0.29) is 16.3 Å². The highest BCUT2D eigenvalue weighted by Crippen LogP contribution is 2.26. The van der Waals surface area contributed by atoms with Crippen LogP contribution in [-0.2, 0) is 6.54 Å². The molecule has 1 aromatic carbocycles. The van der Waals surface area contributed by atoms with E-state index in [1.54, 1.807) is 12.5 Å². The molecule has 0 saturated heterocycles. The minimum atomic E-state index is -0.406. The molecule has 0 aliphatic carbocycles. The summed E-state index contributed by atoms with van der Waals surface area (Å²) in [5, 5.41) is 11.9. The second-order valence-electron chi connectivity index (χ2n) is 5.66. The van der Waals surface area contributed by atoms with Gasteiger partial charge in [0.25, 0.3) is 5.91 Å². The molecule has 126 valence electrons. The summed E-state index contributed by atoms with van der Waals surface area (Å²) in [6, 6.07) is 10.8. The van der Waals surface area contributed by atoms with Crippen molar-refractivity contribution in [2.75, 3.05) is 5.32 Å². The molecule has 0 unspecified atom stereocenters. The highest BCUT2D eigenvalue weighted by molar-refractivity contribution is 6.32. The zero-order valence-electron chi connectivity index (χ0n) is 13.4. The minimum absolute atomic E-state index is 0.137. The summed E-state index contributed by atoms with van der Waals surface area (Å²) in [5.74, 6) is -0.406. The zero-order valence-corrected chi connectivity index (χ0v) is 14.1. The summed E-state index contributed by atoms with van der Waals surface area (Å²) in [6.45, 7) is 0.594. The Morgan fingerprint density at radius 1 is 1.31 bits per heavy atom. The first-order valence-corrected chi connectivity index (χ1v) is 8.11. The monoisotopic (exact) mass is 362 g/mol. The molecule has 26 heavy (non-hydrogen) atoms. The molecule has 3 heterocycles. The molecule has 3 aromatic rings. The minimum Gasteiger partial charge on any atom is -0.472 e. The average Bonchev–Trinajstić information content (AvgIpc) is 3.30. The van der Waals surface area contributed by atoms with Crippen LogP contribution in [0.1, 0.15) is 32.7 Å². The van der Waals surface area contributed by atoms with E-state index in [9.17, 15) is 4.79 Å². The largest absolute Gasteiger partial charge is 0.472 e. The number of carbonyl (C=O) groups is 1. The first-order chi connectivity index (χ1) is 12.7. The molecule has 0 fully saturated rings. The fourth-order valence-electron chi connectivity index (χ4n) is 2.74. The van der Waals surface area contributed by atoms with E-state index in [0.717, 1.165) is 22.4 Å². The topological polar surface area (TPSA) is 91.3 Å². The summed E-state index contributed by atoms with van der Waals surface area (Å²) in [5.41, 5.74) is 4.75. The highest BCUT2D eigenvalue weighted by atomic mass is 35.5. The molecule has 1 N–H and O–H groups in total. The average molecular weight is 363 g/mol. The van der Waals surface area contributed by atoms with Gasteiger partial charge in [0.2, 0.25) is 0 Å². The van der Waals surface area contributed by atoms with Gasteiger partial charge in [0, 0.05) is 23.0 Å². The molecule has 4 rings (SSSR count). The van der Waals surface area contributed by atoms with Crippen LogP contribution in [0, 0.1) is 11.3 Å². The number of amides is 1. The maximum absolute atomic E-state index is 12.4. The van der Waals surface area contributed by atoms with E-state index in [1.807, 2.05) is 30.3 Å². The Labute approximate surface area is 153 Å². The summed E-state index contributed by atoms with van der Waals surface area (Å²) in [7, 11) is 0. The number of aliphatic imine (C=N–C) groups is 1. The van der Waals surface area contributed by atoms with E-state index in [1.165, 1.54) is 12.3 Å². The van der Waals surface area contributed by atoms with Gasteiger partial charge in [-0.25, -0.2) is 4.98 Å². The smallest absolute Gasteiger partial charge is 0.274 e. The summed E-state index contributed by atoms with van der Waals surface area (Å²) >= 11 is 5.96. The second kappa shape index (κ2) is 6.47. The molecular formula is C19H11ClN4O2. The third-order valence-electron chi connectivity index (χ3n) is 4.03. The number of benzene rings is 1. The van der Waals surface area contributed by atoms with Gasteiger partial charge in [-0.05, 0) is 29.8 Å². The molecule has 0 saturated carbocycles. The van der Waals surface area contributed by atoms with Crippen molar-refractivity contribution in [3.8, 4) is 6.07 Å². The number of rotatable bonds is 3. The molecule has 1 aliphatic heterocycles. The van der Waals surface area contributed by atoms with Crippen LogP contribution in [0.15, 0.2) is 58.5 Å². The van der Waals surface area contributed by atoms with Gasteiger partial charge in [-0.2, -0.15) is 5.26 Å². The highest BCUT2D eigenvalue weighted by Gasteiger charge is 2.19. The second-order valence-corrected chi connectivity index (χ2v) is 6.07. The molecular weight excluding hydrogens is 352 g/mol. The van der Waals surface area contributed by atoms with Gasteiger partial charge < -0.3 is 9.73 Å². The third-order valence-corrected chi connectivity index (χ3v) is 4.34. The van der Waals surface area contributed by atoms with E-state index in [4.69, 9.17) is 21.3 Å². The lowest BCUT2D eigenvalue weighted by molar-refractivity contribution is 0.102. The Morgan fingerprint density at radius 2 is 2.19 bits per heavy atom. The number of furan rings is 1. The Balaban J connectivity index is 1.59. The first-order valence-electron chi connectivity index (χ1n) is 7.73. The van der Waals surface area contributed by atoms with E-state index in [2.05, 4.69) is 15.3 Å². The van der Waals surface area contributed by atoms with Crippen LogP contribution in [0.2, 0.25) is 5.02 Å². The van der Waals surface area contributed by atoms with E-state index < -0.39 is 5.91 Å². The quantitative estimate of drug-likeness (QED) is 0.767. The van der Waals surface area contributed by atoms with Crippen LogP contribution < -0.4 is 5.32 Å². The van der Waals surface area contributed by atoms with Crippen molar-refractivity contribution < 1.29 is 9.21 Å². The maximum atomic E-state index is 12.4. The lowest BCUT2D eigenvalue weighted by Crippen LogP contribution is -2.14. The van der Waals surface area contributed by atoms with Crippen molar-refractivity contribution >= 4 is 28.9 Å². The third kappa shape index (κ3) is 2.85. The van der Waals surface area contributed by atoms with Gasteiger partial charge in [-0.15, -0.1) is 0 Å². The molecule has 0 atom stereocenters. The Morgan fingerprint density at radius 3 is 2.92 bits per heavy atom. The van der Waals surface area contributed by atoms with Crippen LogP contribution in [0.5, 0.6) is 0 Å². The van der Waals surface area contributed by atoms with Crippen molar-refractivity contribution in [2.24, 2.45) is 4.99 Å². The molecule has 0 bridgehead atoms. The van der Waals surface area contributed by atoms with Crippen LogP contribution in [-0.4, -0.2) is 16.6 Å². The molecule has 0 spiro atoms. The van der Waals surface area contributed by atoms with Gasteiger partial charge in [-0.3, -0.25) is 9.79 Å². The van der Waals surface area contributed by atoms with E-state index >= 15 is 0 Å². The number of nitrogens with one attached hydrogen (secondary N) is 1. The Bertz CT molecular complexity index is 1080. The first kappa shape index (κ1) is 16.1. The van der Waals surface area contributed by atoms with Crippen LogP contribution in [0.25, 0.3) is 0 Å². The number of fused-ring (bicyclic) bond motifs is 1. The molecule has 2 aromatic heterocycles. The Hall–Kier alpha value is -3.43. The maximum Gasteiger partial charge on any atom is 0.274 e. The van der Waals surface area contributed by atoms with Crippen molar-refractivity contribution in [1.82, 2.24) is 4.98 Å². The van der Waals surface area contributed by atoms with Crippen LogP contribution in [0.4, 0.5) is 5.69 Å². The van der Waals surface area contributed by atoms with Crippen LogP contribution in [0.3, 0.4) is 0 Å². The van der Waals surface area contributed by atoms with Gasteiger partial charge >= 0.3 is 0 Å². The van der Waals surface area contributed by atoms with Gasteiger partial charge in [-0.1, -0.05) is 17.7 Å². The fraction of sp³-hybridized carbons (Fsp3) is 0.0526. The number of anilines is 1. The SMILES string of the molecule is N#Cc1cnc(C(=O)Nc2ccc3c(c2)C(c2ccoc2)=NC3)cc1Cl. The predicted molar refractivity (Wildman–Crippen MR) is 96.4 cm³/mol. The summed E-state index contributed by atoms with van der Waals surface area (Å²) in [4.78, 5) is 20.9. The molecule has 7 heteroatoms. The number of aromatic nitrogens is 1. The number of nitrogens with zero attached hydrogens (tertiary/aromatic N) is 3. The zero-order chi connectivity index (χ0) is 18.1. The van der Waals surface area contributed by atoms with Gasteiger partial charge in [0.15, 0.2) is 0 Å². The summed E-state index contributed by atoms with van der Waals surface area (Å²) < 4.78 is 5.13. The Kier molecular flexibility index (Phi) is 3.99. The van der Waals surface area contributed by atoms with Crippen molar-refractivity contribution in [1.29, 1.82) is 5.26 Å². The van der Waals surface area contributed by atoms with Crippen molar-refractivity contribution in [2.45, 2.75) is 6.54 Å². The normalized spacial score (nSPS) is 12.2. The predicted octanol–water partition coefficient (Wildman–Crippen LogP) is 3.80. The molecule has 6 nitrogen and oxygen atoms in total. The number of pyridine rings is 1. The summed E-state index contributed by atoms with van der Waals surface area (Å²) in [6.07, 6.45) is 4.52. The number of nitriles is 1. The number of hydrogen-bond acceptors (Lipinski definition) is 5. The van der Waals surface area contributed by atoms with Gasteiger partial charge in [0.1, 0.15) is 11.8 Å². The molecule has 1 aliphatic rings. The lowest BCUT2D eigenvalue weighted by Gasteiger charge is -2.08. The van der Waals surface area contributed by atoms with Gasteiger partial charge in [0.05, 0.1) is 35.4 Å². The van der Waals surface area contributed by atoms with Crippen molar-refractivity contribution in [3.63, 3.8) is 0 Å².